The Balaban J connectivity index is 2.09. The molecule has 0 spiro atoms. The minimum absolute atomic E-state index is 0.447. The third-order valence-electron chi connectivity index (χ3n) is 2.45. The van der Waals surface area contributed by atoms with Gasteiger partial charge in [-0.1, -0.05) is 11.8 Å². The average Bonchev–Trinajstić information content (AvgIpc) is 2.87. The lowest BCUT2D eigenvalue weighted by Crippen LogP contribution is -2.09. The van der Waals surface area contributed by atoms with Gasteiger partial charge in [-0.3, -0.25) is 0 Å². The Morgan fingerprint density at radius 1 is 1.60 bits per heavy atom. The highest BCUT2D eigenvalue weighted by atomic mass is 32.2. The van der Waals surface area contributed by atoms with Gasteiger partial charge in [-0.15, -0.1) is 10.2 Å². The van der Waals surface area contributed by atoms with Crippen molar-refractivity contribution >= 4 is 11.8 Å². The first-order valence-electron chi connectivity index (χ1n) is 5.21. The molecule has 1 atom stereocenters. The van der Waals surface area contributed by atoms with Crippen LogP contribution in [0.15, 0.2) is 5.16 Å². The lowest BCUT2D eigenvalue weighted by atomic mass is 10.4. The van der Waals surface area contributed by atoms with Gasteiger partial charge in [0.25, 0.3) is 0 Å². The highest BCUT2D eigenvalue weighted by Gasteiger charge is 2.20. The van der Waals surface area contributed by atoms with Crippen LogP contribution in [0.5, 0.6) is 0 Å². The Kier molecular flexibility index (Phi) is 3.61. The minimum Gasteiger partial charge on any atom is -0.380 e. The van der Waals surface area contributed by atoms with E-state index in [0.717, 1.165) is 37.2 Å². The molecule has 1 unspecified atom stereocenters. The fourth-order valence-corrected chi connectivity index (χ4v) is 2.76. The first kappa shape index (κ1) is 10.9. The zero-order chi connectivity index (χ0) is 10.7. The normalized spacial score (nSPS) is 21.1. The van der Waals surface area contributed by atoms with Crippen molar-refractivity contribution in [3.05, 3.63) is 5.82 Å². The van der Waals surface area contributed by atoms with Crippen LogP contribution >= 0.6 is 11.8 Å². The number of nitrogens with zero attached hydrogens (tertiary/aromatic N) is 3. The molecule has 84 valence electrons. The molecule has 1 saturated heterocycles. The maximum absolute atomic E-state index is 5.59. The quantitative estimate of drug-likeness (QED) is 0.819. The van der Waals surface area contributed by atoms with Crippen LogP contribution in [0.4, 0.5) is 0 Å². The highest BCUT2D eigenvalue weighted by molar-refractivity contribution is 7.99. The summed E-state index contributed by atoms with van der Waals surface area (Å²) in [5, 5.41) is 9.72. The molecule has 0 aliphatic carbocycles. The molecule has 0 radical (unpaired) electrons. The molecule has 2 heterocycles. The summed E-state index contributed by atoms with van der Waals surface area (Å²) in [6.07, 6.45) is 1.10. The summed E-state index contributed by atoms with van der Waals surface area (Å²) >= 11 is 1.75. The maximum Gasteiger partial charge on any atom is 0.191 e. The second-order valence-corrected chi connectivity index (χ2v) is 4.72. The third kappa shape index (κ3) is 2.32. The summed E-state index contributed by atoms with van der Waals surface area (Å²) in [7, 11) is 0. The van der Waals surface area contributed by atoms with Gasteiger partial charge in [0.1, 0.15) is 5.82 Å². The molecular formula is C9H16N4OS. The molecule has 15 heavy (non-hydrogen) atoms. The van der Waals surface area contributed by atoms with Crippen molar-refractivity contribution in [1.82, 2.24) is 14.8 Å². The third-order valence-corrected chi connectivity index (χ3v) is 3.67. The van der Waals surface area contributed by atoms with Crippen molar-refractivity contribution < 1.29 is 4.74 Å². The zero-order valence-corrected chi connectivity index (χ0v) is 9.66. The monoisotopic (exact) mass is 228 g/mol. The van der Waals surface area contributed by atoms with E-state index in [2.05, 4.69) is 21.7 Å². The van der Waals surface area contributed by atoms with Crippen LogP contribution in [0.3, 0.4) is 0 Å². The number of thioether (sulfide) groups is 1. The number of rotatable bonds is 4. The van der Waals surface area contributed by atoms with Crippen LogP contribution in [-0.4, -0.2) is 33.2 Å². The van der Waals surface area contributed by atoms with E-state index in [1.165, 1.54) is 0 Å². The Bertz CT molecular complexity index is 322. The van der Waals surface area contributed by atoms with E-state index >= 15 is 0 Å². The lowest BCUT2D eigenvalue weighted by Gasteiger charge is -2.08. The average molecular weight is 228 g/mol. The van der Waals surface area contributed by atoms with Crippen LogP contribution < -0.4 is 5.73 Å². The smallest absolute Gasteiger partial charge is 0.191 e. The van der Waals surface area contributed by atoms with E-state index in [-0.39, 0.29) is 0 Å². The largest absolute Gasteiger partial charge is 0.380 e. The van der Waals surface area contributed by atoms with Gasteiger partial charge in [0.15, 0.2) is 5.16 Å². The SMILES string of the molecule is CCn1c(CN)nnc1SC1CCOC1. The fourth-order valence-electron chi connectivity index (χ4n) is 1.63. The number of hydrogen-bond donors (Lipinski definition) is 1. The van der Waals surface area contributed by atoms with Gasteiger partial charge in [-0.2, -0.15) is 0 Å². The molecule has 1 aliphatic heterocycles. The summed E-state index contributed by atoms with van der Waals surface area (Å²) in [5.74, 6) is 0.860. The van der Waals surface area contributed by atoms with E-state index in [4.69, 9.17) is 10.5 Å². The molecule has 1 aromatic rings. The highest BCUT2D eigenvalue weighted by Crippen LogP contribution is 2.27. The van der Waals surface area contributed by atoms with Crippen LogP contribution in [-0.2, 0) is 17.8 Å². The van der Waals surface area contributed by atoms with Crippen molar-refractivity contribution in [3.63, 3.8) is 0 Å². The first-order valence-corrected chi connectivity index (χ1v) is 6.09. The van der Waals surface area contributed by atoms with E-state index < -0.39 is 0 Å². The molecule has 0 saturated carbocycles. The molecule has 5 nitrogen and oxygen atoms in total. The summed E-state index contributed by atoms with van der Waals surface area (Å²) in [4.78, 5) is 0. The van der Waals surface area contributed by atoms with E-state index in [1.54, 1.807) is 11.8 Å². The molecule has 0 aromatic carbocycles. The Morgan fingerprint density at radius 2 is 2.47 bits per heavy atom. The Morgan fingerprint density at radius 3 is 3.07 bits per heavy atom. The van der Waals surface area contributed by atoms with Crippen molar-refractivity contribution in [2.45, 2.75) is 36.8 Å². The van der Waals surface area contributed by atoms with Gasteiger partial charge in [0.05, 0.1) is 13.2 Å². The van der Waals surface area contributed by atoms with Crippen molar-refractivity contribution in [2.75, 3.05) is 13.2 Å². The van der Waals surface area contributed by atoms with Gasteiger partial charge in [0.2, 0.25) is 0 Å². The van der Waals surface area contributed by atoms with Crippen LogP contribution in [0, 0.1) is 0 Å². The molecule has 2 rings (SSSR count). The molecule has 1 aromatic heterocycles. The predicted molar refractivity (Wildman–Crippen MR) is 58.7 cm³/mol. The van der Waals surface area contributed by atoms with Gasteiger partial charge < -0.3 is 15.0 Å². The molecule has 6 heteroatoms. The molecule has 0 bridgehead atoms. The fraction of sp³-hybridized carbons (Fsp3) is 0.778. The van der Waals surface area contributed by atoms with Crippen LogP contribution in [0.1, 0.15) is 19.2 Å². The van der Waals surface area contributed by atoms with Crippen molar-refractivity contribution in [2.24, 2.45) is 5.73 Å². The van der Waals surface area contributed by atoms with Crippen molar-refractivity contribution in [3.8, 4) is 0 Å². The van der Waals surface area contributed by atoms with Gasteiger partial charge >= 0.3 is 0 Å². The van der Waals surface area contributed by atoms with Gasteiger partial charge in [-0.25, -0.2) is 0 Å². The molecule has 2 N–H and O–H groups in total. The summed E-state index contributed by atoms with van der Waals surface area (Å²) in [6, 6.07) is 0. The van der Waals surface area contributed by atoms with Crippen molar-refractivity contribution in [1.29, 1.82) is 0 Å². The number of nitrogens with two attached hydrogens (primary N) is 1. The second-order valence-electron chi connectivity index (χ2n) is 3.45. The minimum atomic E-state index is 0.447. The number of ether oxygens (including phenoxy) is 1. The molecular weight excluding hydrogens is 212 g/mol. The molecule has 0 amide bonds. The van der Waals surface area contributed by atoms with Gasteiger partial charge in [-0.05, 0) is 13.3 Å². The van der Waals surface area contributed by atoms with Crippen LogP contribution in [0.25, 0.3) is 0 Å². The Hall–Kier alpha value is -0.590. The van der Waals surface area contributed by atoms with Crippen LogP contribution in [0.2, 0.25) is 0 Å². The number of hydrogen-bond acceptors (Lipinski definition) is 5. The van der Waals surface area contributed by atoms with E-state index in [0.29, 0.717) is 11.8 Å². The molecule has 1 aliphatic rings. The maximum atomic E-state index is 5.59. The number of aromatic nitrogens is 3. The summed E-state index contributed by atoms with van der Waals surface area (Å²) in [6.45, 7) is 5.08. The lowest BCUT2D eigenvalue weighted by molar-refractivity contribution is 0.199. The standard InChI is InChI=1S/C9H16N4OS/c1-2-13-8(5-10)11-12-9(13)15-7-3-4-14-6-7/h7H,2-6,10H2,1H3. The van der Waals surface area contributed by atoms with Gasteiger partial charge in [0, 0.05) is 18.4 Å². The Labute approximate surface area is 93.4 Å². The first-order chi connectivity index (χ1) is 7.35. The predicted octanol–water partition coefficient (Wildman–Crippen LogP) is 0.638. The summed E-state index contributed by atoms with van der Waals surface area (Å²) in [5.41, 5.74) is 5.59. The summed E-state index contributed by atoms with van der Waals surface area (Å²) < 4.78 is 7.41. The second kappa shape index (κ2) is 4.96. The zero-order valence-electron chi connectivity index (χ0n) is 8.85. The topological polar surface area (TPSA) is 66.0 Å². The van der Waals surface area contributed by atoms with E-state index in [9.17, 15) is 0 Å². The van der Waals surface area contributed by atoms with E-state index in [1.807, 2.05) is 0 Å². The molecule has 1 fully saturated rings.